The molecule has 0 aromatic heterocycles. The van der Waals surface area contributed by atoms with E-state index in [0.29, 0.717) is 11.4 Å². The fraction of sp³-hybridized carbons (Fsp3) is 0.385. The zero-order valence-corrected chi connectivity index (χ0v) is 11.3. The molecule has 0 aliphatic rings. The van der Waals surface area contributed by atoms with E-state index in [9.17, 15) is 9.59 Å². The molecule has 0 saturated heterocycles. The average Bonchev–Trinajstić information content (AvgIpc) is 2.26. The fourth-order valence-electron chi connectivity index (χ4n) is 1.60. The lowest BCUT2D eigenvalue weighted by Crippen LogP contribution is -2.46. The van der Waals surface area contributed by atoms with Gasteiger partial charge in [-0.15, -0.1) is 11.6 Å². The lowest BCUT2D eigenvalue weighted by Gasteiger charge is -2.24. The first kappa shape index (κ1) is 14.5. The second-order valence-electron chi connectivity index (χ2n) is 4.81. The van der Waals surface area contributed by atoms with Crippen molar-refractivity contribution in [1.82, 2.24) is 5.32 Å². The number of rotatable bonds is 5. The predicted octanol–water partition coefficient (Wildman–Crippen LogP) is 1.81. The number of hydrogen-bond donors (Lipinski definition) is 2. The maximum absolute atomic E-state index is 11.9. The number of alkyl halides is 1. The second-order valence-corrected chi connectivity index (χ2v) is 5.08. The normalized spacial score (nSPS) is 11.1. The number of amides is 2. The molecule has 3 N–H and O–H groups in total. The summed E-state index contributed by atoms with van der Waals surface area (Å²) in [5.74, 6) is -0.269. The van der Waals surface area contributed by atoms with Crippen molar-refractivity contribution in [1.29, 1.82) is 0 Å². The summed E-state index contributed by atoms with van der Waals surface area (Å²) in [7, 11) is 0. The average molecular weight is 269 g/mol. The van der Waals surface area contributed by atoms with Crippen LogP contribution >= 0.6 is 11.6 Å². The van der Waals surface area contributed by atoms with Gasteiger partial charge in [-0.1, -0.05) is 12.1 Å². The Morgan fingerprint density at radius 1 is 1.28 bits per heavy atom. The predicted molar refractivity (Wildman–Crippen MR) is 71.4 cm³/mol. The summed E-state index contributed by atoms with van der Waals surface area (Å²) >= 11 is 5.67. The number of nitrogens with one attached hydrogen (secondary N) is 1. The molecule has 5 heteroatoms. The zero-order valence-electron chi connectivity index (χ0n) is 10.5. The van der Waals surface area contributed by atoms with Crippen molar-refractivity contribution >= 4 is 23.4 Å². The molecule has 0 unspecified atom stereocenters. The summed E-state index contributed by atoms with van der Waals surface area (Å²) in [6.07, 6.45) is 0.0957. The molecule has 0 fully saturated rings. The van der Waals surface area contributed by atoms with E-state index in [0.717, 1.165) is 5.56 Å². The van der Waals surface area contributed by atoms with Gasteiger partial charge in [0.05, 0.1) is 0 Å². The Kier molecular flexibility index (Phi) is 4.73. The van der Waals surface area contributed by atoms with Crippen molar-refractivity contribution < 1.29 is 9.59 Å². The van der Waals surface area contributed by atoms with Crippen LogP contribution in [0.4, 0.5) is 0 Å². The van der Waals surface area contributed by atoms with Crippen molar-refractivity contribution in [2.45, 2.75) is 31.7 Å². The first-order valence-corrected chi connectivity index (χ1v) is 6.13. The minimum absolute atomic E-state index is 0.0957. The fourth-order valence-corrected chi connectivity index (χ4v) is 1.78. The van der Waals surface area contributed by atoms with E-state index >= 15 is 0 Å². The highest BCUT2D eigenvalue weighted by atomic mass is 35.5. The summed E-state index contributed by atoms with van der Waals surface area (Å²) in [6, 6.07) is 6.99. The topological polar surface area (TPSA) is 72.2 Å². The first-order valence-electron chi connectivity index (χ1n) is 5.60. The lowest BCUT2D eigenvalue weighted by atomic mass is 9.99. The Morgan fingerprint density at radius 3 is 2.28 bits per heavy atom. The third-order valence-electron chi connectivity index (χ3n) is 2.44. The van der Waals surface area contributed by atoms with E-state index in [1.54, 1.807) is 38.1 Å². The molecule has 0 spiro atoms. The Labute approximate surface area is 112 Å². The van der Waals surface area contributed by atoms with Crippen molar-refractivity contribution in [2.75, 3.05) is 0 Å². The van der Waals surface area contributed by atoms with Gasteiger partial charge < -0.3 is 11.1 Å². The molecular weight excluding hydrogens is 252 g/mol. The number of halogens is 1. The van der Waals surface area contributed by atoms with Gasteiger partial charge in [-0.2, -0.15) is 0 Å². The van der Waals surface area contributed by atoms with Crippen molar-refractivity contribution in [3.8, 4) is 0 Å². The van der Waals surface area contributed by atoms with Gasteiger partial charge in [0.25, 0.3) is 5.91 Å². The van der Waals surface area contributed by atoms with Gasteiger partial charge >= 0.3 is 0 Å². The quantitative estimate of drug-likeness (QED) is 0.800. The molecule has 2 amide bonds. The van der Waals surface area contributed by atoms with Crippen molar-refractivity contribution in [3.63, 3.8) is 0 Å². The van der Waals surface area contributed by atoms with Crippen LogP contribution in [0.15, 0.2) is 24.3 Å². The summed E-state index contributed by atoms with van der Waals surface area (Å²) in [4.78, 5) is 22.8. The number of carbonyl (C=O) groups excluding carboxylic acids is 2. The van der Waals surface area contributed by atoms with Crippen molar-refractivity contribution in [3.05, 3.63) is 35.4 Å². The highest BCUT2D eigenvalue weighted by Crippen LogP contribution is 2.11. The molecule has 1 rings (SSSR count). The summed E-state index contributed by atoms with van der Waals surface area (Å²) in [6.45, 7) is 3.51. The van der Waals surface area contributed by atoms with Gasteiger partial charge in [0.1, 0.15) is 0 Å². The van der Waals surface area contributed by atoms with Gasteiger partial charge in [0, 0.05) is 23.4 Å². The molecule has 4 nitrogen and oxygen atoms in total. The molecule has 0 aliphatic carbocycles. The van der Waals surface area contributed by atoms with Gasteiger partial charge in [-0.3, -0.25) is 9.59 Å². The molecule has 1 aromatic carbocycles. The molecule has 0 bridgehead atoms. The molecular formula is C13H17ClN2O2. The third-order valence-corrected chi connectivity index (χ3v) is 2.75. The minimum atomic E-state index is -0.659. The number of carbonyl (C=O) groups is 2. The maximum atomic E-state index is 11.9. The lowest BCUT2D eigenvalue weighted by molar-refractivity contribution is -0.119. The summed E-state index contributed by atoms with van der Waals surface area (Å²) in [5, 5.41) is 2.77. The number of benzene rings is 1. The zero-order chi connectivity index (χ0) is 13.8. The Hall–Kier alpha value is -1.55. The van der Waals surface area contributed by atoms with Crippen LogP contribution in [-0.4, -0.2) is 17.4 Å². The van der Waals surface area contributed by atoms with Crippen LogP contribution in [0.25, 0.3) is 0 Å². The third kappa shape index (κ3) is 4.37. The van der Waals surface area contributed by atoms with Crippen LogP contribution in [0.3, 0.4) is 0 Å². The van der Waals surface area contributed by atoms with E-state index in [1.165, 1.54) is 0 Å². The Bertz CT molecular complexity index is 441. The van der Waals surface area contributed by atoms with Gasteiger partial charge in [0.15, 0.2) is 0 Å². The second kappa shape index (κ2) is 5.87. The van der Waals surface area contributed by atoms with E-state index in [2.05, 4.69) is 5.32 Å². The molecule has 18 heavy (non-hydrogen) atoms. The number of nitrogens with two attached hydrogens (primary N) is 1. The van der Waals surface area contributed by atoms with E-state index in [-0.39, 0.29) is 12.3 Å². The maximum Gasteiger partial charge on any atom is 0.251 e. The van der Waals surface area contributed by atoms with Crippen molar-refractivity contribution in [2.24, 2.45) is 5.73 Å². The van der Waals surface area contributed by atoms with E-state index in [4.69, 9.17) is 17.3 Å². The minimum Gasteiger partial charge on any atom is -0.370 e. The van der Waals surface area contributed by atoms with E-state index in [1.807, 2.05) is 0 Å². The largest absolute Gasteiger partial charge is 0.370 e. The summed E-state index contributed by atoms with van der Waals surface area (Å²) < 4.78 is 0. The monoisotopic (exact) mass is 268 g/mol. The standard InChI is InChI=1S/C13H17ClN2O2/c1-13(2,7-11(15)17)16-12(18)10-5-3-9(8-14)4-6-10/h3-6H,7-8H2,1-2H3,(H2,15,17)(H,16,18). The van der Waals surface area contributed by atoms with Gasteiger partial charge in [-0.05, 0) is 31.5 Å². The van der Waals surface area contributed by atoms with Gasteiger partial charge in [0.2, 0.25) is 5.91 Å². The number of hydrogen-bond acceptors (Lipinski definition) is 2. The first-order chi connectivity index (χ1) is 8.34. The Morgan fingerprint density at radius 2 is 1.83 bits per heavy atom. The molecule has 0 aliphatic heterocycles. The van der Waals surface area contributed by atoms with Crippen LogP contribution in [0.1, 0.15) is 36.2 Å². The molecule has 0 heterocycles. The molecule has 0 radical (unpaired) electrons. The summed E-state index contributed by atoms with van der Waals surface area (Å²) in [5.41, 5.74) is 5.95. The van der Waals surface area contributed by atoms with Crippen LogP contribution in [0, 0.1) is 0 Å². The molecule has 98 valence electrons. The van der Waals surface area contributed by atoms with Crippen LogP contribution < -0.4 is 11.1 Å². The van der Waals surface area contributed by atoms with Crippen LogP contribution in [0.2, 0.25) is 0 Å². The van der Waals surface area contributed by atoms with E-state index < -0.39 is 11.4 Å². The van der Waals surface area contributed by atoms with Gasteiger partial charge in [-0.25, -0.2) is 0 Å². The van der Waals surface area contributed by atoms with Crippen LogP contribution in [0.5, 0.6) is 0 Å². The SMILES string of the molecule is CC(C)(CC(N)=O)NC(=O)c1ccc(CCl)cc1. The highest BCUT2D eigenvalue weighted by Gasteiger charge is 2.23. The Balaban J connectivity index is 2.72. The van der Waals surface area contributed by atoms with Crippen LogP contribution in [-0.2, 0) is 10.7 Å². The smallest absolute Gasteiger partial charge is 0.251 e. The molecule has 1 aromatic rings. The molecule has 0 saturated carbocycles. The molecule has 0 atom stereocenters. The highest BCUT2D eigenvalue weighted by molar-refractivity contribution is 6.17. The number of primary amides is 1.